The van der Waals surface area contributed by atoms with E-state index in [9.17, 15) is 26.0 Å². The molecule has 0 aliphatic carbocycles. The highest BCUT2D eigenvalue weighted by Gasteiger charge is 2.21. The van der Waals surface area contributed by atoms with Gasteiger partial charge < -0.3 is 5.32 Å². The van der Waals surface area contributed by atoms with E-state index in [0.717, 1.165) is 25.2 Å². The number of halogens is 1. The first-order valence-electron chi connectivity index (χ1n) is 8.09. The number of carbonyl (C=O) groups excluding carboxylic acids is 1. The van der Waals surface area contributed by atoms with Gasteiger partial charge in [-0.25, -0.2) is 30.7 Å². The van der Waals surface area contributed by atoms with Crippen LogP contribution in [-0.4, -0.2) is 36.8 Å². The molecule has 0 aromatic heterocycles. The summed E-state index contributed by atoms with van der Waals surface area (Å²) in [6.45, 7) is 1.64. The van der Waals surface area contributed by atoms with E-state index in [1.165, 1.54) is 25.2 Å². The van der Waals surface area contributed by atoms with Crippen LogP contribution in [0, 0.1) is 5.82 Å². The number of hydrogen-bond donors (Lipinski definition) is 3. The molecule has 0 saturated carbocycles. The summed E-state index contributed by atoms with van der Waals surface area (Å²) in [5.74, 6) is -1.62. The number of rotatable bonds is 7. The van der Waals surface area contributed by atoms with Gasteiger partial charge >= 0.3 is 0 Å². The predicted octanol–water partition coefficient (Wildman–Crippen LogP) is 1.13. The quantitative estimate of drug-likeness (QED) is 0.609. The highest BCUT2D eigenvalue weighted by atomic mass is 32.2. The van der Waals surface area contributed by atoms with Crippen molar-refractivity contribution in [3.05, 3.63) is 59.4 Å². The molecule has 0 heterocycles. The van der Waals surface area contributed by atoms with Crippen LogP contribution in [0.1, 0.15) is 28.9 Å². The van der Waals surface area contributed by atoms with E-state index < -0.39 is 42.7 Å². The van der Waals surface area contributed by atoms with E-state index in [1.54, 1.807) is 13.0 Å². The molecule has 11 heteroatoms. The summed E-state index contributed by atoms with van der Waals surface area (Å²) in [4.78, 5) is 11.9. The number of carbonyl (C=O) groups is 1. The van der Waals surface area contributed by atoms with Crippen LogP contribution < -0.4 is 14.8 Å². The molecule has 0 bridgehead atoms. The van der Waals surface area contributed by atoms with Crippen LogP contribution in [0.4, 0.5) is 4.39 Å². The molecule has 1 atom stereocenters. The van der Waals surface area contributed by atoms with Gasteiger partial charge in [0.2, 0.25) is 20.0 Å². The summed E-state index contributed by atoms with van der Waals surface area (Å²) in [7, 11) is -5.29. The SMILES string of the molecule is CNS(=O)(=O)c1cccc(C(C)NC(=O)c2ccc(F)c(S(=O)(=O)NC)c2)c1. The number of benzene rings is 2. The fourth-order valence-electron chi connectivity index (χ4n) is 2.39. The van der Waals surface area contributed by atoms with Crippen molar-refractivity contribution in [3.8, 4) is 0 Å². The van der Waals surface area contributed by atoms with Gasteiger partial charge in [-0.3, -0.25) is 4.79 Å². The molecular formula is C17H20FN3O5S2. The lowest BCUT2D eigenvalue weighted by Gasteiger charge is -2.16. The van der Waals surface area contributed by atoms with Gasteiger partial charge in [-0.1, -0.05) is 12.1 Å². The topological polar surface area (TPSA) is 121 Å². The Kier molecular flexibility index (Phi) is 6.55. The summed E-state index contributed by atoms with van der Waals surface area (Å²) in [6, 6.07) is 8.41. The fourth-order valence-corrected chi connectivity index (χ4v) is 4.00. The average molecular weight is 429 g/mol. The lowest BCUT2D eigenvalue weighted by Crippen LogP contribution is -2.28. The molecular weight excluding hydrogens is 409 g/mol. The van der Waals surface area contributed by atoms with Crippen molar-refractivity contribution in [2.45, 2.75) is 22.8 Å². The van der Waals surface area contributed by atoms with Gasteiger partial charge in [-0.05, 0) is 56.9 Å². The van der Waals surface area contributed by atoms with Gasteiger partial charge in [0.1, 0.15) is 10.7 Å². The average Bonchev–Trinajstić information content (AvgIpc) is 2.68. The fraction of sp³-hybridized carbons (Fsp3) is 0.235. The molecule has 1 unspecified atom stereocenters. The minimum absolute atomic E-state index is 0.0396. The largest absolute Gasteiger partial charge is 0.346 e. The van der Waals surface area contributed by atoms with Crippen molar-refractivity contribution in [1.29, 1.82) is 0 Å². The second kappa shape index (κ2) is 8.35. The van der Waals surface area contributed by atoms with E-state index in [4.69, 9.17) is 0 Å². The van der Waals surface area contributed by atoms with E-state index in [0.29, 0.717) is 5.56 Å². The Morgan fingerprint density at radius 3 is 2.21 bits per heavy atom. The van der Waals surface area contributed by atoms with Crippen molar-refractivity contribution in [2.75, 3.05) is 14.1 Å². The molecule has 0 saturated heterocycles. The highest BCUT2D eigenvalue weighted by Crippen LogP contribution is 2.20. The molecule has 2 aromatic rings. The van der Waals surface area contributed by atoms with Crippen LogP contribution in [-0.2, 0) is 20.0 Å². The molecule has 152 valence electrons. The minimum Gasteiger partial charge on any atom is -0.346 e. The third-order valence-corrected chi connectivity index (χ3v) is 6.88. The zero-order valence-electron chi connectivity index (χ0n) is 15.4. The van der Waals surface area contributed by atoms with E-state index >= 15 is 0 Å². The summed E-state index contributed by atoms with van der Waals surface area (Å²) in [5.41, 5.74) is 0.468. The van der Waals surface area contributed by atoms with Crippen molar-refractivity contribution in [3.63, 3.8) is 0 Å². The first-order valence-corrected chi connectivity index (χ1v) is 11.1. The first kappa shape index (κ1) is 22.0. The Hall–Kier alpha value is -2.34. The monoisotopic (exact) mass is 429 g/mol. The smallest absolute Gasteiger partial charge is 0.251 e. The lowest BCUT2D eigenvalue weighted by atomic mass is 10.1. The van der Waals surface area contributed by atoms with Crippen LogP contribution in [0.15, 0.2) is 52.3 Å². The Bertz CT molecular complexity index is 1100. The third kappa shape index (κ3) is 4.73. The van der Waals surface area contributed by atoms with E-state index in [-0.39, 0.29) is 10.5 Å². The zero-order valence-corrected chi connectivity index (χ0v) is 17.0. The van der Waals surface area contributed by atoms with E-state index in [2.05, 4.69) is 10.0 Å². The Morgan fingerprint density at radius 2 is 1.61 bits per heavy atom. The summed E-state index contributed by atoms with van der Waals surface area (Å²) in [5, 5.41) is 2.63. The molecule has 0 spiro atoms. The first-order chi connectivity index (χ1) is 13.0. The predicted molar refractivity (Wildman–Crippen MR) is 101 cm³/mol. The van der Waals surface area contributed by atoms with Gasteiger partial charge in [0.15, 0.2) is 0 Å². The van der Waals surface area contributed by atoms with Crippen LogP contribution in [0.3, 0.4) is 0 Å². The normalized spacial score (nSPS) is 13.1. The zero-order chi connectivity index (χ0) is 21.1. The third-order valence-electron chi connectivity index (χ3n) is 4.04. The number of amides is 1. The molecule has 2 aromatic carbocycles. The molecule has 0 aliphatic heterocycles. The second-order valence-electron chi connectivity index (χ2n) is 5.83. The number of sulfonamides is 2. The van der Waals surface area contributed by atoms with Gasteiger partial charge in [0, 0.05) is 5.56 Å². The molecule has 2 rings (SSSR count). The van der Waals surface area contributed by atoms with E-state index in [1.807, 2.05) is 4.72 Å². The number of nitrogens with one attached hydrogen (secondary N) is 3. The molecule has 1 amide bonds. The van der Waals surface area contributed by atoms with Gasteiger partial charge in [-0.2, -0.15) is 0 Å². The lowest BCUT2D eigenvalue weighted by molar-refractivity contribution is 0.0939. The molecule has 8 nitrogen and oxygen atoms in total. The van der Waals surface area contributed by atoms with Gasteiger partial charge in [0.25, 0.3) is 5.91 Å². The Balaban J connectivity index is 2.29. The molecule has 0 radical (unpaired) electrons. The second-order valence-corrected chi connectivity index (χ2v) is 9.57. The maximum Gasteiger partial charge on any atom is 0.251 e. The van der Waals surface area contributed by atoms with Crippen molar-refractivity contribution >= 4 is 26.0 Å². The van der Waals surface area contributed by atoms with Crippen molar-refractivity contribution in [1.82, 2.24) is 14.8 Å². The molecule has 0 aliphatic rings. The van der Waals surface area contributed by atoms with Gasteiger partial charge in [0.05, 0.1) is 10.9 Å². The highest BCUT2D eigenvalue weighted by molar-refractivity contribution is 7.89. The molecule has 0 fully saturated rings. The van der Waals surface area contributed by atoms with Crippen molar-refractivity contribution < 1.29 is 26.0 Å². The standard InChI is InChI=1S/C17H20FN3O5S2/c1-11(12-5-4-6-14(9-12)27(23,24)19-2)21-17(22)13-7-8-15(18)16(10-13)28(25,26)20-3/h4-11,19-20H,1-3H3,(H,21,22). The van der Waals surface area contributed by atoms with Crippen molar-refractivity contribution in [2.24, 2.45) is 0 Å². The molecule has 3 N–H and O–H groups in total. The Morgan fingerprint density at radius 1 is 0.964 bits per heavy atom. The van der Waals surface area contributed by atoms with Crippen LogP contribution >= 0.6 is 0 Å². The van der Waals surface area contributed by atoms with Crippen LogP contribution in [0.25, 0.3) is 0 Å². The van der Waals surface area contributed by atoms with Crippen LogP contribution in [0.2, 0.25) is 0 Å². The van der Waals surface area contributed by atoms with Gasteiger partial charge in [-0.15, -0.1) is 0 Å². The molecule has 28 heavy (non-hydrogen) atoms. The number of hydrogen-bond acceptors (Lipinski definition) is 5. The van der Waals surface area contributed by atoms with Crippen LogP contribution in [0.5, 0.6) is 0 Å². The minimum atomic E-state index is -4.07. The summed E-state index contributed by atoms with van der Waals surface area (Å²) < 4.78 is 65.6. The Labute approximate surface area is 163 Å². The maximum atomic E-state index is 13.8. The summed E-state index contributed by atoms with van der Waals surface area (Å²) >= 11 is 0. The maximum absolute atomic E-state index is 13.8. The summed E-state index contributed by atoms with van der Waals surface area (Å²) in [6.07, 6.45) is 0.